The van der Waals surface area contributed by atoms with Gasteiger partial charge < -0.3 is 9.64 Å². The Bertz CT molecular complexity index is 1440. The average Bonchev–Trinajstić information content (AvgIpc) is 3.13. The standard InChI is InChI=1S/C29H35FN4O4S/c1-19(2)17-38-24-12-22(11-23(30)13-24)26-9-8-25(27(32-26)34-16-20(3)14-29(34,4)5)28(35)33-39(36,37)18-21-7-6-10-31-15-21/h6-13,15,19-20H,14,16-18H2,1-5H3,(H,33,35)/t20-/m0/s1. The summed E-state index contributed by atoms with van der Waals surface area (Å²) in [5.41, 5.74) is 1.20. The lowest BCUT2D eigenvalue weighted by molar-refractivity contribution is 0.0981. The number of carbonyl (C=O) groups excluding carboxylic acids is 1. The fourth-order valence-electron chi connectivity index (χ4n) is 4.94. The molecule has 10 heteroatoms. The predicted molar refractivity (Wildman–Crippen MR) is 149 cm³/mol. The van der Waals surface area contributed by atoms with Crippen LogP contribution in [-0.4, -0.2) is 43.0 Å². The van der Waals surface area contributed by atoms with Gasteiger partial charge in [0, 0.05) is 36.1 Å². The van der Waals surface area contributed by atoms with E-state index in [1.807, 2.05) is 18.7 Å². The average molecular weight is 555 g/mol. The number of aromatic nitrogens is 2. The van der Waals surface area contributed by atoms with E-state index in [1.54, 1.807) is 36.5 Å². The van der Waals surface area contributed by atoms with Gasteiger partial charge in [0.15, 0.2) is 0 Å². The number of sulfonamides is 1. The molecule has 0 unspecified atom stereocenters. The lowest BCUT2D eigenvalue weighted by Crippen LogP contribution is -2.41. The number of carbonyl (C=O) groups is 1. The van der Waals surface area contributed by atoms with Gasteiger partial charge in [-0.25, -0.2) is 22.5 Å². The zero-order valence-corrected chi connectivity index (χ0v) is 23.8. The number of anilines is 1. The quantitative estimate of drug-likeness (QED) is 0.388. The molecule has 0 bridgehead atoms. The third-order valence-corrected chi connectivity index (χ3v) is 7.74. The largest absolute Gasteiger partial charge is 0.493 e. The first-order valence-corrected chi connectivity index (χ1v) is 14.6. The molecule has 3 heterocycles. The highest BCUT2D eigenvalue weighted by Gasteiger charge is 2.39. The Kier molecular flexibility index (Phi) is 8.25. The van der Waals surface area contributed by atoms with Crippen molar-refractivity contribution in [3.05, 3.63) is 71.8 Å². The second kappa shape index (κ2) is 11.3. The Balaban J connectivity index is 1.72. The van der Waals surface area contributed by atoms with Gasteiger partial charge in [0.2, 0.25) is 10.0 Å². The van der Waals surface area contributed by atoms with Gasteiger partial charge in [-0.3, -0.25) is 9.78 Å². The SMILES string of the molecule is CC(C)COc1cc(F)cc(-c2ccc(C(=O)NS(=O)(=O)Cc3cccnc3)c(N3C[C@@H](C)CC3(C)C)n2)c1. The van der Waals surface area contributed by atoms with Gasteiger partial charge in [-0.1, -0.05) is 26.8 Å². The number of ether oxygens (including phenoxy) is 1. The van der Waals surface area contributed by atoms with E-state index in [0.717, 1.165) is 6.42 Å². The molecule has 39 heavy (non-hydrogen) atoms. The highest BCUT2D eigenvalue weighted by Crippen LogP contribution is 2.38. The summed E-state index contributed by atoms with van der Waals surface area (Å²) in [7, 11) is -4.00. The number of halogens is 1. The van der Waals surface area contributed by atoms with Crippen LogP contribution in [0.1, 0.15) is 57.0 Å². The van der Waals surface area contributed by atoms with E-state index in [4.69, 9.17) is 9.72 Å². The molecule has 1 N–H and O–H groups in total. The summed E-state index contributed by atoms with van der Waals surface area (Å²) >= 11 is 0. The fraction of sp³-hybridized carbons (Fsp3) is 0.414. The van der Waals surface area contributed by atoms with Crippen LogP contribution in [0, 0.1) is 17.7 Å². The summed E-state index contributed by atoms with van der Waals surface area (Å²) in [5, 5.41) is 0. The number of nitrogens with one attached hydrogen (secondary N) is 1. The molecule has 1 aromatic carbocycles. The van der Waals surface area contributed by atoms with Crippen LogP contribution in [0.25, 0.3) is 11.3 Å². The molecule has 1 fully saturated rings. The van der Waals surface area contributed by atoms with Gasteiger partial charge in [0.05, 0.1) is 23.6 Å². The second-order valence-corrected chi connectivity index (χ2v) is 13.0. The topological polar surface area (TPSA) is 101 Å². The van der Waals surface area contributed by atoms with Gasteiger partial charge in [-0.05, 0) is 68.0 Å². The number of hydrogen-bond donors (Lipinski definition) is 1. The minimum atomic E-state index is -4.00. The van der Waals surface area contributed by atoms with Gasteiger partial charge in [0.25, 0.3) is 5.91 Å². The monoisotopic (exact) mass is 554 g/mol. The zero-order valence-electron chi connectivity index (χ0n) is 22.9. The molecular weight excluding hydrogens is 519 g/mol. The Labute approximate surface area is 229 Å². The zero-order chi connectivity index (χ0) is 28.4. The lowest BCUT2D eigenvalue weighted by Gasteiger charge is -2.34. The first-order chi connectivity index (χ1) is 18.3. The summed E-state index contributed by atoms with van der Waals surface area (Å²) in [4.78, 5) is 24.1. The molecule has 0 radical (unpaired) electrons. The van der Waals surface area contributed by atoms with Crippen LogP contribution in [-0.2, 0) is 15.8 Å². The third-order valence-electron chi connectivity index (χ3n) is 6.53. The normalized spacial score (nSPS) is 16.9. The molecule has 8 nitrogen and oxygen atoms in total. The number of amides is 1. The smallest absolute Gasteiger partial charge is 0.268 e. The molecule has 2 aromatic heterocycles. The van der Waals surface area contributed by atoms with Gasteiger partial charge in [-0.15, -0.1) is 0 Å². The molecule has 1 amide bonds. The third kappa shape index (κ3) is 7.11. The first-order valence-electron chi connectivity index (χ1n) is 13.0. The summed E-state index contributed by atoms with van der Waals surface area (Å²) in [6.45, 7) is 11.3. The van der Waals surface area contributed by atoms with Crippen molar-refractivity contribution in [2.75, 3.05) is 18.1 Å². The van der Waals surface area contributed by atoms with Crippen molar-refractivity contribution >= 4 is 21.7 Å². The van der Waals surface area contributed by atoms with Crippen molar-refractivity contribution in [1.82, 2.24) is 14.7 Å². The Morgan fingerprint density at radius 2 is 2.00 bits per heavy atom. The van der Waals surface area contributed by atoms with E-state index in [-0.39, 0.29) is 22.8 Å². The van der Waals surface area contributed by atoms with Crippen LogP contribution in [0.15, 0.2) is 54.9 Å². The van der Waals surface area contributed by atoms with E-state index in [1.165, 1.54) is 18.3 Å². The van der Waals surface area contributed by atoms with Crippen LogP contribution < -0.4 is 14.4 Å². The molecule has 1 atom stereocenters. The van der Waals surface area contributed by atoms with Crippen molar-refractivity contribution < 1.29 is 22.3 Å². The van der Waals surface area contributed by atoms with Crippen LogP contribution in [0.4, 0.5) is 10.2 Å². The van der Waals surface area contributed by atoms with E-state index in [9.17, 15) is 17.6 Å². The van der Waals surface area contributed by atoms with Gasteiger partial charge >= 0.3 is 0 Å². The summed E-state index contributed by atoms with van der Waals surface area (Å²) in [5.74, 6) is -0.280. The summed E-state index contributed by atoms with van der Waals surface area (Å²) in [6, 6.07) is 10.8. The van der Waals surface area contributed by atoms with Crippen molar-refractivity contribution in [2.45, 2.75) is 52.3 Å². The minimum Gasteiger partial charge on any atom is -0.493 e. The number of pyridine rings is 2. The number of benzene rings is 1. The fourth-order valence-corrected chi connectivity index (χ4v) is 6.02. The first kappa shape index (κ1) is 28.5. The van der Waals surface area contributed by atoms with Crippen molar-refractivity contribution in [3.63, 3.8) is 0 Å². The molecule has 3 aromatic rings. The maximum absolute atomic E-state index is 14.5. The van der Waals surface area contributed by atoms with Crippen LogP contribution >= 0.6 is 0 Å². The van der Waals surface area contributed by atoms with E-state index < -0.39 is 21.7 Å². The van der Waals surface area contributed by atoms with Crippen LogP contribution in [0.5, 0.6) is 5.75 Å². The number of hydrogen-bond acceptors (Lipinski definition) is 7. The second-order valence-electron chi connectivity index (χ2n) is 11.2. The van der Waals surface area contributed by atoms with Crippen molar-refractivity contribution in [1.29, 1.82) is 0 Å². The minimum absolute atomic E-state index is 0.128. The molecule has 1 aliphatic rings. The molecule has 0 saturated carbocycles. The number of nitrogens with zero attached hydrogens (tertiary/aromatic N) is 3. The molecule has 0 aliphatic carbocycles. The predicted octanol–water partition coefficient (Wildman–Crippen LogP) is 5.20. The highest BCUT2D eigenvalue weighted by molar-refractivity contribution is 7.89. The lowest BCUT2D eigenvalue weighted by atomic mass is 9.97. The Morgan fingerprint density at radius 1 is 1.23 bits per heavy atom. The molecular formula is C29H35FN4O4S. The maximum atomic E-state index is 14.5. The van der Waals surface area contributed by atoms with Gasteiger partial charge in [-0.2, -0.15) is 0 Å². The molecule has 4 rings (SSSR count). The van der Waals surface area contributed by atoms with E-state index in [2.05, 4.69) is 30.5 Å². The molecule has 208 valence electrons. The van der Waals surface area contributed by atoms with E-state index in [0.29, 0.717) is 47.5 Å². The van der Waals surface area contributed by atoms with Gasteiger partial charge in [0.1, 0.15) is 17.4 Å². The summed E-state index contributed by atoms with van der Waals surface area (Å²) < 4.78 is 48.1. The maximum Gasteiger partial charge on any atom is 0.268 e. The van der Waals surface area contributed by atoms with Crippen LogP contribution in [0.2, 0.25) is 0 Å². The van der Waals surface area contributed by atoms with E-state index >= 15 is 0 Å². The van der Waals surface area contributed by atoms with Crippen molar-refractivity contribution in [2.24, 2.45) is 11.8 Å². The Hall–Kier alpha value is -3.53. The molecule has 1 saturated heterocycles. The molecule has 1 aliphatic heterocycles. The number of rotatable bonds is 9. The van der Waals surface area contributed by atoms with Crippen molar-refractivity contribution in [3.8, 4) is 17.0 Å². The highest BCUT2D eigenvalue weighted by atomic mass is 32.2. The molecule has 0 spiro atoms. The summed E-state index contributed by atoms with van der Waals surface area (Å²) in [6.07, 6.45) is 3.86. The van der Waals surface area contributed by atoms with Crippen LogP contribution in [0.3, 0.4) is 0 Å². The Morgan fingerprint density at radius 3 is 2.64 bits per heavy atom.